The van der Waals surface area contributed by atoms with E-state index in [0.29, 0.717) is 55.8 Å². The number of para-hydroxylation sites is 1. The SMILES string of the molecule is Clc1ccccc1COc1ccc(/C=N\Nc2nc(Nc3ccccc3)nc(N3CCOCC3)n2)cc1. The Bertz CT molecular complexity index is 1330. The van der Waals surface area contributed by atoms with E-state index < -0.39 is 0 Å². The van der Waals surface area contributed by atoms with Crippen LogP contribution in [0, 0.1) is 0 Å². The predicted octanol–water partition coefficient (Wildman–Crippen LogP) is 5.13. The summed E-state index contributed by atoms with van der Waals surface area (Å²) in [6, 6.07) is 25.0. The number of ether oxygens (including phenoxy) is 2. The summed E-state index contributed by atoms with van der Waals surface area (Å²) in [7, 11) is 0. The van der Waals surface area contributed by atoms with Gasteiger partial charge in [-0.05, 0) is 48.0 Å². The molecule has 1 fully saturated rings. The smallest absolute Gasteiger partial charge is 0.250 e. The fraction of sp³-hybridized carbons (Fsp3) is 0.185. The minimum atomic E-state index is 0.339. The topological polar surface area (TPSA) is 96.8 Å². The molecule has 37 heavy (non-hydrogen) atoms. The predicted molar refractivity (Wildman–Crippen MR) is 146 cm³/mol. The van der Waals surface area contributed by atoms with Gasteiger partial charge in [0, 0.05) is 29.4 Å². The number of halogens is 1. The molecule has 1 saturated heterocycles. The molecule has 1 aliphatic rings. The van der Waals surface area contributed by atoms with E-state index in [1.165, 1.54) is 0 Å². The molecule has 0 spiro atoms. The lowest BCUT2D eigenvalue weighted by Crippen LogP contribution is -2.37. The van der Waals surface area contributed by atoms with E-state index in [4.69, 9.17) is 21.1 Å². The van der Waals surface area contributed by atoms with Crippen LogP contribution in [0.2, 0.25) is 5.02 Å². The number of aromatic nitrogens is 3. The third-order valence-electron chi connectivity index (χ3n) is 5.56. The summed E-state index contributed by atoms with van der Waals surface area (Å²) in [6.45, 7) is 3.09. The third-order valence-corrected chi connectivity index (χ3v) is 5.93. The molecule has 4 aromatic rings. The van der Waals surface area contributed by atoms with Crippen molar-refractivity contribution < 1.29 is 9.47 Å². The van der Waals surface area contributed by atoms with Gasteiger partial charge in [-0.15, -0.1) is 0 Å². The first-order valence-electron chi connectivity index (χ1n) is 11.9. The van der Waals surface area contributed by atoms with Gasteiger partial charge in [0.15, 0.2) is 0 Å². The lowest BCUT2D eigenvalue weighted by Gasteiger charge is -2.27. The standard InChI is InChI=1S/C27H26ClN7O2/c28-24-9-5-4-6-21(24)19-37-23-12-10-20(11-13-23)18-29-34-26-31-25(30-22-7-2-1-3-8-22)32-27(33-26)35-14-16-36-17-15-35/h1-13,18H,14-17,19H2,(H2,30,31,32,33,34)/b29-18-. The second-order valence-corrected chi connectivity index (χ2v) is 8.60. The highest BCUT2D eigenvalue weighted by Gasteiger charge is 2.16. The number of hydrogen-bond donors (Lipinski definition) is 2. The fourth-order valence-corrected chi connectivity index (χ4v) is 3.81. The van der Waals surface area contributed by atoms with Crippen LogP contribution < -0.4 is 20.4 Å². The summed E-state index contributed by atoms with van der Waals surface area (Å²) in [5.74, 6) is 2.08. The minimum absolute atomic E-state index is 0.339. The van der Waals surface area contributed by atoms with E-state index in [9.17, 15) is 0 Å². The molecule has 10 heteroatoms. The van der Waals surface area contributed by atoms with Crippen LogP contribution in [0.5, 0.6) is 5.75 Å². The van der Waals surface area contributed by atoms with E-state index in [1.54, 1.807) is 6.21 Å². The summed E-state index contributed by atoms with van der Waals surface area (Å²) in [5, 5.41) is 8.24. The normalized spacial score (nSPS) is 13.5. The molecular weight excluding hydrogens is 490 g/mol. The Morgan fingerprint density at radius 1 is 0.892 bits per heavy atom. The number of hydrogen-bond acceptors (Lipinski definition) is 9. The quantitative estimate of drug-likeness (QED) is 0.234. The zero-order valence-electron chi connectivity index (χ0n) is 20.0. The summed E-state index contributed by atoms with van der Waals surface area (Å²) >= 11 is 6.20. The molecule has 0 atom stereocenters. The monoisotopic (exact) mass is 515 g/mol. The van der Waals surface area contributed by atoms with E-state index in [-0.39, 0.29) is 0 Å². The van der Waals surface area contributed by atoms with E-state index in [0.717, 1.165) is 22.6 Å². The Morgan fingerprint density at radius 2 is 1.62 bits per heavy atom. The highest BCUT2D eigenvalue weighted by Crippen LogP contribution is 2.20. The van der Waals surface area contributed by atoms with Crippen molar-refractivity contribution in [3.63, 3.8) is 0 Å². The molecule has 1 aromatic heterocycles. The molecule has 2 heterocycles. The summed E-state index contributed by atoms with van der Waals surface area (Å²) in [4.78, 5) is 15.7. The Labute approximate surface area is 220 Å². The van der Waals surface area contributed by atoms with Crippen LogP contribution in [-0.4, -0.2) is 47.5 Å². The Kier molecular flexibility index (Phi) is 8.04. The van der Waals surface area contributed by atoms with Crippen molar-refractivity contribution in [2.45, 2.75) is 6.61 Å². The largest absolute Gasteiger partial charge is 0.489 e. The molecule has 1 aliphatic heterocycles. The average molecular weight is 516 g/mol. The highest BCUT2D eigenvalue weighted by atomic mass is 35.5. The van der Waals surface area contributed by atoms with Gasteiger partial charge in [-0.25, -0.2) is 5.43 Å². The molecule has 188 valence electrons. The van der Waals surface area contributed by atoms with Crippen LogP contribution in [0.15, 0.2) is 84.0 Å². The molecular formula is C27H26ClN7O2. The van der Waals surface area contributed by atoms with Gasteiger partial charge in [-0.2, -0.15) is 20.1 Å². The molecule has 0 aliphatic carbocycles. The van der Waals surface area contributed by atoms with Gasteiger partial charge in [0.2, 0.25) is 17.8 Å². The molecule has 0 unspecified atom stereocenters. The van der Waals surface area contributed by atoms with E-state index >= 15 is 0 Å². The second kappa shape index (κ2) is 12.2. The minimum Gasteiger partial charge on any atom is -0.489 e. The van der Waals surface area contributed by atoms with Crippen molar-refractivity contribution in [2.24, 2.45) is 5.10 Å². The van der Waals surface area contributed by atoms with Crippen LogP contribution in [0.25, 0.3) is 0 Å². The maximum atomic E-state index is 6.20. The van der Waals surface area contributed by atoms with Gasteiger partial charge in [0.05, 0.1) is 19.4 Å². The van der Waals surface area contributed by atoms with Crippen molar-refractivity contribution in [1.29, 1.82) is 0 Å². The van der Waals surface area contributed by atoms with E-state index in [2.05, 4.69) is 35.7 Å². The molecule has 5 rings (SSSR count). The number of morpholine rings is 1. The van der Waals surface area contributed by atoms with Gasteiger partial charge >= 0.3 is 0 Å². The lowest BCUT2D eigenvalue weighted by molar-refractivity contribution is 0.122. The van der Waals surface area contributed by atoms with Crippen LogP contribution in [0.1, 0.15) is 11.1 Å². The first-order valence-corrected chi connectivity index (χ1v) is 12.3. The lowest BCUT2D eigenvalue weighted by atomic mass is 10.2. The summed E-state index contributed by atoms with van der Waals surface area (Å²) < 4.78 is 11.3. The van der Waals surface area contributed by atoms with Crippen molar-refractivity contribution in [1.82, 2.24) is 15.0 Å². The zero-order valence-corrected chi connectivity index (χ0v) is 20.8. The number of nitrogens with zero attached hydrogens (tertiary/aromatic N) is 5. The molecule has 0 amide bonds. The second-order valence-electron chi connectivity index (χ2n) is 8.19. The van der Waals surface area contributed by atoms with Gasteiger partial charge in [-0.3, -0.25) is 0 Å². The Hall–Kier alpha value is -4.21. The third kappa shape index (κ3) is 6.93. The highest BCUT2D eigenvalue weighted by molar-refractivity contribution is 6.31. The Morgan fingerprint density at radius 3 is 2.41 bits per heavy atom. The molecule has 9 nitrogen and oxygen atoms in total. The number of hydrazone groups is 1. The van der Waals surface area contributed by atoms with Crippen LogP contribution >= 0.6 is 11.6 Å². The van der Waals surface area contributed by atoms with Gasteiger partial charge in [0.25, 0.3) is 0 Å². The molecule has 2 N–H and O–H groups in total. The van der Waals surface area contributed by atoms with Crippen LogP contribution in [-0.2, 0) is 11.3 Å². The number of rotatable bonds is 9. The summed E-state index contributed by atoms with van der Waals surface area (Å²) in [5.41, 5.74) is 5.64. The van der Waals surface area contributed by atoms with Crippen molar-refractivity contribution in [3.05, 3.63) is 95.0 Å². The van der Waals surface area contributed by atoms with Gasteiger partial charge < -0.3 is 19.7 Å². The molecule has 0 bridgehead atoms. The van der Waals surface area contributed by atoms with Crippen molar-refractivity contribution in [2.75, 3.05) is 41.9 Å². The number of anilines is 4. The van der Waals surface area contributed by atoms with Crippen molar-refractivity contribution in [3.8, 4) is 5.75 Å². The first-order chi connectivity index (χ1) is 18.2. The van der Waals surface area contributed by atoms with Gasteiger partial charge in [-0.1, -0.05) is 48.0 Å². The maximum Gasteiger partial charge on any atom is 0.250 e. The van der Waals surface area contributed by atoms with Crippen LogP contribution in [0.3, 0.4) is 0 Å². The summed E-state index contributed by atoms with van der Waals surface area (Å²) in [6.07, 6.45) is 1.69. The molecule has 3 aromatic carbocycles. The fourth-order valence-electron chi connectivity index (χ4n) is 3.62. The number of benzene rings is 3. The van der Waals surface area contributed by atoms with E-state index in [1.807, 2.05) is 78.9 Å². The zero-order chi connectivity index (χ0) is 25.3. The van der Waals surface area contributed by atoms with Gasteiger partial charge in [0.1, 0.15) is 12.4 Å². The maximum absolute atomic E-state index is 6.20. The van der Waals surface area contributed by atoms with Crippen molar-refractivity contribution >= 4 is 41.3 Å². The Balaban J connectivity index is 1.25. The first kappa shape index (κ1) is 24.5. The van der Waals surface area contributed by atoms with Crippen LogP contribution in [0.4, 0.5) is 23.5 Å². The molecule has 0 saturated carbocycles. The average Bonchev–Trinajstić information content (AvgIpc) is 2.94. The number of nitrogens with one attached hydrogen (secondary N) is 2. The molecule has 0 radical (unpaired) electrons.